The molecular formula is C48H30O. The molecule has 0 atom stereocenters. The van der Waals surface area contributed by atoms with E-state index in [1.165, 1.54) is 43.8 Å². The third kappa shape index (κ3) is 4.40. The maximum atomic E-state index is 8.16. The van der Waals surface area contributed by atoms with Crippen LogP contribution in [0, 0.1) is 0 Å². The van der Waals surface area contributed by atoms with Crippen molar-refractivity contribution in [2.24, 2.45) is 0 Å². The monoisotopic (exact) mass is 624 g/mol. The van der Waals surface area contributed by atoms with Crippen molar-refractivity contribution < 1.29 is 7.16 Å². The van der Waals surface area contributed by atoms with Gasteiger partial charge in [-0.05, 0) is 95.0 Å². The van der Waals surface area contributed by atoms with Gasteiger partial charge >= 0.3 is 0 Å². The number of furan rings is 1. The minimum Gasteiger partial charge on any atom is -0.456 e. The first-order chi connectivity index (χ1) is 25.1. The number of fused-ring (bicyclic) bond motifs is 6. The number of para-hydroxylation sites is 1. The molecule has 0 bridgehead atoms. The zero-order valence-electron chi connectivity index (χ0n) is 28.6. The van der Waals surface area contributed by atoms with Gasteiger partial charge in [-0.1, -0.05) is 164 Å². The van der Waals surface area contributed by atoms with Gasteiger partial charge in [0.1, 0.15) is 11.2 Å². The highest BCUT2D eigenvalue weighted by Crippen LogP contribution is 2.47. The molecule has 0 spiro atoms. The molecule has 0 aliphatic heterocycles. The van der Waals surface area contributed by atoms with Gasteiger partial charge in [0.05, 0.1) is 2.74 Å². The Morgan fingerprint density at radius 2 is 0.939 bits per heavy atom. The van der Waals surface area contributed by atoms with Crippen LogP contribution in [-0.2, 0) is 0 Å². The molecule has 1 heterocycles. The van der Waals surface area contributed by atoms with Crippen LogP contribution >= 0.6 is 0 Å². The smallest absolute Gasteiger partial charge is 0.136 e. The summed E-state index contributed by atoms with van der Waals surface area (Å²) in [5, 5.41) is 9.13. The summed E-state index contributed by atoms with van der Waals surface area (Å²) in [6.07, 6.45) is 0. The lowest BCUT2D eigenvalue weighted by Crippen LogP contribution is -1.93. The second-order valence-electron chi connectivity index (χ2n) is 12.7. The Balaban J connectivity index is 1.18. The van der Waals surface area contributed by atoms with Gasteiger partial charge in [-0.25, -0.2) is 0 Å². The topological polar surface area (TPSA) is 13.1 Å². The molecule has 9 aromatic carbocycles. The largest absolute Gasteiger partial charge is 0.456 e. The minimum absolute atomic E-state index is 0.439. The van der Waals surface area contributed by atoms with E-state index < -0.39 is 0 Å². The van der Waals surface area contributed by atoms with Crippen molar-refractivity contribution in [1.29, 1.82) is 0 Å². The maximum Gasteiger partial charge on any atom is 0.136 e. The van der Waals surface area contributed by atoms with Crippen molar-refractivity contribution in [1.82, 2.24) is 0 Å². The van der Waals surface area contributed by atoms with Gasteiger partial charge in [0, 0.05) is 10.8 Å². The predicted octanol–water partition coefficient (Wildman–Crippen LogP) is 13.7. The molecule has 0 N–H and O–H groups in total. The quantitative estimate of drug-likeness (QED) is 0.178. The van der Waals surface area contributed by atoms with Gasteiger partial charge in [0.15, 0.2) is 0 Å². The van der Waals surface area contributed by atoms with Crippen LogP contribution in [0.1, 0.15) is 2.74 Å². The van der Waals surface area contributed by atoms with Crippen molar-refractivity contribution >= 4 is 54.3 Å². The molecule has 0 radical (unpaired) electrons. The summed E-state index contributed by atoms with van der Waals surface area (Å²) >= 11 is 0. The van der Waals surface area contributed by atoms with Crippen molar-refractivity contribution in [3.8, 4) is 44.5 Å². The second kappa shape index (κ2) is 11.1. The fourth-order valence-corrected chi connectivity index (χ4v) is 7.74. The number of rotatable bonds is 4. The predicted molar refractivity (Wildman–Crippen MR) is 208 cm³/mol. The first-order valence-corrected chi connectivity index (χ1v) is 16.7. The van der Waals surface area contributed by atoms with Crippen LogP contribution in [0.4, 0.5) is 0 Å². The number of hydrogen-bond donors (Lipinski definition) is 0. The van der Waals surface area contributed by atoms with E-state index in [2.05, 4.69) is 127 Å². The zero-order valence-corrected chi connectivity index (χ0v) is 26.6. The van der Waals surface area contributed by atoms with Gasteiger partial charge < -0.3 is 4.42 Å². The fraction of sp³-hybridized carbons (Fsp3) is 0. The van der Waals surface area contributed by atoms with Gasteiger partial charge in [0.25, 0.3) is 0 Å². The van der Waals surface area contributed by atoms with Gasteiger partial charge in [0.2, 0.25) is 0 Å². The molecule has 0 aliphatic carbocycles. The Labute approximate surface area is 287 Å². The van der Waals surface area contributed by atoms with Crippen LogP contribution in [0.5, 0.6) is 0 Å². The first kappa shape index (κ1) is 25.6. The summed E-state index contributed by atoms with van der Waals surface area (Å²) in [7, 11) is 0. The Kier molecular flexibility index (Phi) is 5.79. The lowest BCUT2D eigenvalue weighted by Gasteiger charge is -2.20. The van der Waals surface area contributed by atoms with Crippen molar-refractivity contribution in [3.63, 3.8) is 0 Å². The van der Waals surface area contributed by atoms with Gasteiger partial charge in [-0.3, -0.25) is 0 Å². The molecule has 0 saturated heterocycles. The van der Waals surface area contributed by atoms with Crippen LogP contribution in [0.15, 0.2) is 186 Å². The normalized spacial score (nSPS) is 12.2. The third-order valence-corrected chi connectivity index (χ3v) is 9.95. The highest BCUT2D eigenvalue weighted by atomic mass is 16.3. The van der Waals surface area contributed by atoms with Gasteiger partial charge in [-0.15, -0.1) is 0 Å². The summed E-state index contributed by atoms with van der Waals surface area (Å²) in [4.78, 5) is 0. The molecule has 1 nitrogen and oxygen atoms in total. The molecule has 0 aliphatic rings. The molecule has 0 amide bonds. The molecule has 49 heavy (non-hydrogen) atoms. The van der Waals surface area contributed by atoms with E-state index in [1.807, 2.05) is 36.4 Å². The van der Waals surface area contributed by atoms with Crippen molar-refractivity contribution in [2.45, 2.75) is 0 Å². The number of hydrogen-bond acceptors (Lipinski definition) is 1. The SMILES string of the molecule is [2H]c1ccc2cc(-c3ccc(-c4c5ccccc5c(-c5ccccc5-c5cccc6oc7cc([2H])ccc7c56)c5ccccc45)cc3)ccc2c1. The minimum atomic E-state index is 0.439. The molecule has 0 unspecified atom stereocenters. The second-order valence-corrected chi connectivity index (χ2v) is 12.7. The average Bonchev–Trinajstić information content (AvgIpc) is 3.55. The van der Waals surface area contributed by atoms with Crippen LogP contribution in [-0.4, -0.2) is 0 Å². The summed E-state index contributed by atoms with van der Waals surface area (Å²) in [6, 6.07) is 60.4. The summed E-state index contributed by atoms with van der Waals surface area (Å²) < 4.78 is 22.4. The van der Waals surface area contributed by atoms with Crippen molar-refractivity contribution in [3.05, 3.63) is 182 Å². The lowest BCUT2D eigenvalue weighted by atomic mass is 9.83. The molecule has 228 valence electrons. The zero-order chi connectivity index (χ0) is 34.1. The average molecular weight is 625 g/mol. The molecular weight excluding hydrogens is 593 g/mol. The van der Waals surface area contributed by atoms with E-state index in [1.54, 1.807) is 6.07 Å². The van der Waals surface area contributed by atoms with E-state index in [4.69, 9.17) is 7.16 Å². The van der Waals surface area contributed by atoms with Crippen LogP contribution < -0.4 is 0 Å². The van der Waals surface area contributed by atoms with E-state index in [0.717, 1.165) is 55.0 Å². The third-order valence-electron chi connectivity index (χ3n) is 9.95. The van der Waals surface area contributed by atoms with Crippen molar-refractivity contribution in [2.75, 3.05) is 0 Å². The Morgan fingerprint density at radius 3 is 1.71 bits per heavy atom. The van der Waals surface area contributed by atoms with E-state index >= 15 is 0 Å². The molecule has 1 aromatic heterocycles. The van der Waals surface area contributed by atoms with Crippen LogP contribution in [0.25, 0.3) is 98.8 Å². The van der Waals surface area contributed by atoms with E-state index in [9.17, 15) is 0 Å². The maximum absolute atomic E-state index is 8.16. The molecule has 10 rings (SSSR count). The summed E-state index contributed by atoms with van der Waals surface area (Å²) in [5.74, 6) is 0. The molecule has 10 aromatic rings. The van der Waals surface area contributed by atoms with Crippen LogP contribution in [0.2, 0.25) is 0 Å². The first-order valence-electron chi connectivity index (χ1n) is 17.7. The Hall–Kier alpha value is -6.44. The summed E-state index contributed by atoms with van der Waals surface area (Å²) in [6.45, 7) is 0. The van der Waals surface area contributed by atoms with Crippen LogP contribution in [0.3, 0.4) is 0 Å². The van der Waals surface area contributed by atoms with Gasteiger partial charge in [-0.2, -0.15) is 0 Å². The Morgan fingerprint density at radius 1 is 0.347 bits per heavy atom. The number of benzene rings is 9. The lowest BCUT2D eigenvalue weighted by molar-refractivity contribution is 0.669. The molecule has 1 heteroatoms. The highest BCUT2D eigenvalue weighted by molar-refractivity contribution is 6.23. The standard InChI is InChI=1S/C48H30O/c1-2-13-34-30-35(29-26-31(34)12-1)32-24-27-33(28-25-32)46-39-16-5-7-18-41(39)47(42-19-8-6-17-40(42)46)37-15-4-3-14-36(37)38-21-11-23-45-48(38)43-20-9-10-22-44(43)49-45/h1-30H/i1D,10D. The molecule has 0 fully saturated rings. The Bertz CT molecular complexity index is 2930. The molecule has 0 saturated carbocycles. The van der Waals surface area contributed by atoms with E-state index in [0.29, 0.717) is 12.1 Å². The summed E-state index contributed by atoms with van der Waals surface area (Å²) in [5.41, 5.74) is 10.9. The fourth-order valence-electron chi connectivity index (χ4n) is 7.74. The highest BCUT2D eigenvalue weighted by Gasteiger charge is 2.20. The van der Waals surface area contributed by atoms with E-state index in [-0.39, 0.29) is 0 Å².